The summed E-state index contributed by atoms with van der Waals surface area (Å²) in [6.07, 6.45) is 1.08. The summed E-state index contributed by atoms with van der Waals surface area (Å²) >= 11 is 0. The Morgan fingerprint density at radius 2 is 1.58 bits per heavy atom. The van der Waals surface area contributed by atoms with Gasteiger partial charge in [-0.2, -0.15) is 4.31 Å². The molecule has 2 aromatic carbocycles. The number of methoxy groups -OCH3 is 2. The summed E-state index contributed by atoms with van der Waals surface area (Å²) in [5, 5.41) is 10.0. The maximum Gasteiger partial charge on any atom is 0.322 e. The molecule has 0 aliphatic carbocycles. The normalized spacial score (nSPS) is 12.1. The zero-order valence-corrected chi connectivity index (χ0v) is 21.5. The summed E-state index contributed by atoms with van der Waals surface area (Å²) in [6, 6.07) is 11.1. The smallest absolute Gasteiger partial charge is 0.322 e. The van der Waals surface area contributed by atoms with Gasteiger partial charge in [0.05, 0.1) is 23.0 Å². The van der Waals surface area contributed by atoms with Gasteiger partial charge in [-0.25, -0.2) is 16.8 Å². The van der Waals surface area contributed by atoms with Gasteiger partial charge in [-0.3, -0.25) is 10.1 Å². The minimum absolute atomic E-state index is 0.0112. The van der Waals surface area contributed by atoms with Gasteiger partial charge < -0.3 is 13.9 Å². The van der Waals surface area contributed by atoms with Crippen LogP contribution in [0, 0.1) is 0 Å². The van der Waals surface area contributed by atoms with Crippen LogP contribution < -0.4 is 5.32 Å². The number of anilines is 1. The average Bonchev–Trinajstić information content (AvgIpc) is 3.32. The van der Waals surface area contributed by atoms with Crippen LogP contribution in [0.25, 0.3) is 11.5 Å². The highest BCUT2D eigenvalue weighted by molar-refractivity contribution is 7.90. The van der Waals surface area contributed by atoms with Crippen LogP contribution in [-0.2, 0) is 29.3 Å². The second-order valence-electron chi connectivity index (χ2n) is 7.58. The Labute approximate surface area is 209 Å². The van der Waals surface area contributed by atoms with Crippen molar-refractivity contribution in [1.29, 1.82) is 0 Å². The molecule has 194 valence electrons. The lowest BCUT2D eigenvalue weighted by molar-refractivity contribution is 0.102. The van der Waals surface area contributed by atoms with Gasteiger partial charge in [0, 0.05) is 44.7 Å². The fraction of sp³-hybridized carbons (Fsp3) is 0.318. The van der Waals surface area contributed by atoms with Crippen molar-refractivity contribution in [1.82, 2.24) is 14.5 Å². The molecule has 1 amide bonds. The first-order valence-corrected chi connectivity index (χ1v) is 13.9. The van der Waals surface area contributed by atoms with Crippen LogP contribution in [0.5, 0.6) is 0 Å². The second kappa shape index (κ2) is 11.7. The number of hydrogen-bond donors (Lipinski definition) is 1. The van der Waals surface area contributed by atoms with Crippen molar-refractivity contribution >= 4 is 31.8 Å². The number of ether oxygens (including phenoxy) is 2. The first-order chi connectivity index (χ1) is 17.1. The highest BCUT2D eigenvalue weighted by atomic mass is 32.2. The Hall–Kier alpha value is -3.17. The van der Waals surface area contributed by atoms with Crippen molar-refractivity contribution in [2.24, 2.45) is 0 Å². The maximum atomic E-state index is 13.0. The molecule has 0 saturated heterocycles. The van der Waals surface area contributed by atoms with E-state index in [1.165, 1.54) is 61.0 Å². The van der Waals surface area contributed by atoms with Gasteiger partial charge in [-0.05, 0) is 42.5 Å². The number of amides is 1. The summed E-state index contributed by atoms with van der Waals surface area (Å²) in [4.78, 5) is 12.7. The molecule has 0 atom stereocenters. The highest BCUT2D eigenvalue weighted by Crippen LogP contribution is 2.23. The van der Waals surface area contributed by atoms with E-state index < -0.39 is 25.8 Å². The lowest BCUT2D eigenvalue weighted by Crippen LogP contribution is -2.36. The number of nitrogens with zero attached hydrogens (tertiary/aromatic N) is 3. The molecule has 0 fully saturated rings. The molecular formula is C22H26N4O8S2. The van der Waals surface area contributed by atoms with E-state index in [4.69, 9.17) is 13.9 Å². The molecule has 0 saturated carbocycles. The Kier molecular flexibility index (Phi) is 8.92. The molecule has 0 bridgehead atoms. The number of rotatable bonds is 12. The largest absolute Gasteiger partial charge is 0.403 e. The van der Waals surface area contributed by atoms with Gasteiger partial charge in [-0.15, -0.1) is 5.10 Å². The lowest BCUT2D eigenvalue weighted by atomic mass is 10.2. The third-order valence-electron chi connectivity index (χ3n) is 5.00. The number of carbonyl (C=O) groups excluding carboxylic acids is 1. The Morgan fingerprint density at radius 1 is 0.944 bits per heavy atom. The molecule has 0 aliphatic rings. The quantitative estimate of drug-likeness (QED) is 0.359. The van der Waals surface area contributed by atoms with Crippen LogP contribution in [0.15, 0.2) is 62.7 Å². The predicted molar refractivity (Wildman–Crippen MR) is 130 cm³/mol. The molecule has 0 spiro atoms. The third-order valence-corrected chi connectivity index (χ3v) is 8.02. The average molecular weight is 539 g/mol. The zero-order chi connectivity index (χ0) is 26.3. The van der Waals surface area contributed by atoms with Gasteiger partial charge in [0.1, 0.15) is 0 Å². The van der Waals surface area contributed by atoms with Crippen molar-refractivity contribution in [3.05, 3.63) is 54.1 Å². The van der Waals surface area contributed by atoms with Crippen LogP contribution in [0.1, 0.15) is 10.4 Å². The van der Waals surface area contributed by atoms with Crippen molar-refractivity contribution < 1.29 is 35.5 Å². The lowest BCUT2D eigenvalue weighted by Gasteiger charge is -2.21. The molecule has 1 N–H and O–H groups in total. The van der Waals surface area contributed by atoms with Crippen molar-refractivity contribution in [2.45, 2.75) is 9.79 Å². The van der Waals surface area contributed by atoms with E-state index in [1.54, 1.807) is 6.07 Å². The summed E-state index contributed by atoms with van der Waals surface area (Å²) in [5.41, 5.74) is 0.528. The summed E-state index contributed by atoms with van der Waals surface area (Å²) in [6.45, 7) is 0.732. The molecule has 1 heterocycles. The molecule has 3 rings (SSSR count). The molecule has 0 radical (unpaired) electrons. The molecule has 0 aliphatic heterocycles. The molecule has 1 aromatic heterocycles. The van der Waals surface area contributed by atoms with E-state index in [9.17, 15) is 21.6 Å². The fourth-order valence-electron chi connectivity index (χ4n) is 3.09. The molecular weight excluding hydrogens is 512 g/mol. The number of sulfonamides is 1. The number of hydrogen-bond acceptors (Lipinski definition) is 10. The highest BCUT2D eigenvalue weighted by Gasteiger charge is 2.24. The molecule has 3 aromatic rings. The zero-order valence-electron chi connectivity index (χ0n) is 19.9. The minimum atomic E-state index is -3.83. The fourth-order valence-corrected chi connectivity index (χ4v) is 5.16. The van der Waals surface area contributed by atoms with Gasteiger partial charge in [0.15, 0.2) is 9.84 Å². The number of sulfone groups is 1. The first kappa shape index (κ1) is 27.4. The third kappa shape index (κ3) is 6.73. The molecule has 0 unspecified atom stereocenters. The van der Waals surface area contributed by atoms with E-state index >= 15 is 0 Å². The van der Waals surface area contributed by atoms with Crippen LogP contribution in [0.3, 0.4) is 0 Å². The van der Waals surface area contributed by atoms with E-state index in [2.05, 4.69) is 15.5 Å². The minimum Gasteiger partial charge on any atom is -0.403 e. The number of aromatic nitrogens is 2. The van der Waals surface area contributed by atoms with Crippen LogP contribution in [0.4, 0.5) is 6.01 Å². The van der Waals surface area contributed by atoms with E-state index in [-0.39, 0.29) is 53.6 Å². The summed E-state index contributed by atoms with van der Waals surface area (Å²) < 4.78 is 66.2. The SMILES string of the molecule is COCCN(CCOC)S(=O)(=O)c1ccc(C(=O)Nc2nnc(-c3cccc(S(C)(=O)=O)c3)o2)cc1. The van der Waals surface area contributed by atoms with Crippen molar-refractivity contribution in [3.8, 4) is 11.5 Å². The molecule has 36 heavy (non-hydrogen) atoms. The molecule has 12 nitrogen and oxygen atoms in total. The van der Waals surface area contributed by atoms with E-state index in [1.807, 2.05) is 0 Å². The number of carbonyl (C=O) groups is 1. The van der Waals surface area contributed by atoms with Gasteiger partial charge in [0.25, 0.3) is 5.91 Å². The first-order valence-electron chi connectivity index (χ1n) is 10.6. The van der Waals surface area contributed by atoms with E-state index in [0.717, 1.165) is 6.26 Å². The topological polar surface area (TPSA) is 158 Å². The summed E-state index contributed by atoms with van der Waals surface area (Å²) in [5.74, 6) is -0.584. The Balaban J connectivity index is 1.73. The predicted octanol–water partition coefficient (Wildman–Crippen LogP) is 1.68. The van der Waals surface area contributed by atoms with Crippen LogP contribution in [0.2, 0.25) is 0 Å². The maximum absolute atomic E-state index is 13.0. The van der Waals surface area contributed by atoms with Crippen molar-refractivity contribution in [3.63, 3.8) is 0 Å². The number of nitrogens with one attached hydrogen (secondary N) is 1. The molecule has 14 heteroatoms. The Bertz CT molecular complexity index is 1400. The van der Waals surface area contributed by atoms with Gasteiger partial charge >= 0.3 is 6.01 Å². The monoisotopic (exact) mass is 538 g/mol. The number of benzene rings is 2. The van der Waals surface area contributed by atoms with E-state index in [0.29, 0.717) is 5.56 Å². The summed E-state index contributed by atoms with van der Waals surface area (Å²) in [7, 11) is -4.30. The Morgan fingerprint density at radius 3 is 2.17 bits per heavy atom. The van der Waals surface area contributed by atoms with Crippen molar-refractivity contribution in [2.75, 3.05) is 52.1 Å². The second-order valence-corrected chi connectivity index (χ2v) is 11.5. The standard InChI is InChI=1S/C22H26N4O8S2/c1-32-13-11-26(12-14-33-2)36(30,31)18-9-7-16(8-10-18)20(27)23-22-25-24-21(34-22)17-5-4-6-19(15-17)35(3,28)29/h4-10,15H,11-14H2,1-3H3,(H,23,25,27). The van der Waals surface area contributed by atoms with Crippen LogP contribution in [-0.4, -0.2) is 84.0 Å². The van der Waals surface area contributed by atoms with Crippen LogP contribution >= 0.6 is 0 Å². The van der Waals surface area contributed by atoms with Gasteiger partial charge in [0.2, 0.25) is 15.9 Å². The van der Waals surface area contributed by atoms with Gasteiger partial charge in [-0.1, -0.05) is 11.2 Å².